The van der Waals surface area contributed by atoms with Crippen LogP contribution in [0, 0.1) is 45.8 Å². The molecule has 41 heavy (non-hydrogen) atoms. The predicted octanol–water partition coefficient (Wildman–Crippen LogP) is 5.74. The van der Waals surface area contributed by atoms with Crippen molar-refractivity contribution in [1.29, 1.82) is 0 Å². The van der Waals surface area contributed by atoms with E-state index < -0.39 is 76.1 Å². The summed E-state index contributed by atoms with van der Waals surface area (Å²) >= 11 is 0. The van der Waals surface area contributed by atoms with E-state index in [0.29, 0.717) is 5.92 Å². The van der Waals surface area contributed by atoms with Crippen molar-refractivity contribution in [3.8, 4) is 0 Å². The van der Waals surface area contributed by atoms with Gasteiger partial charge < -0.3 is 19.7 Å². The van der Waals surface area contributed by atoms with Gasteiger partial charge in [0.2, 0.25) is 5.60 Å². The van der Waals surface area contributed by atoms with Crippen LogP contribution in [0.15, 0.2) is 23.8 Å². The first-order valence-electron chi connectivity index (χ1n) is 15.1. The number of carboxylic acids is 1. The third-order valence-corrected chi connectivity index (χ3v) is 12.7. The summed E-state index contributed by atoms with van der Waals surface area (Å²) < 4.78 is 45.1. The van der Waals surface area contributed by atoms with Crippen LogP contribution in [0.1, 0.15) is 79.6 Å². The molecule has 6 rings (SSSR count). The molecule has 7 nitrogen and oxygen atoms in total. The van der Waals surface area contributed by atoms with Gasteiger partial charge in [-0.25, -0.2) is 18.4 Å². The number of hydrogen-bond acceptors (Lipinski definition) is 6. The number of carbonyl (C=O) groups excluding carboxylic acids is 2. The number of hydrogen-bond donors (Lipinski definition) is 2. The molecule has 0 saturated heterocycles. The summed E-state index contributed by atoms with van der Waals surface area (Å²) in [6.07, 6.45) is 2.44. The lowest BCUT2D eigenvalue weighted by Gasteiger charge is -2.62. The minimum absolute atomic E-state index is 0.00571. The fourth-order valence-corrected chi connectivity index (χ4v) is 10.4. The van der Waals surface area contributed by atoms with Crippen molar-refractivity contribution in [1.82, 2.24) is 0 Å². The summed E-state index contributed by atoms with van der Waals surface area (Å²) in [5, 5.41) is 22.3. The predicted molar refractivity (Wildman–Crippen MR) is 144 cm³/mol. The molecule has 0 aromatic carbocycles. The van der Waals surface area contributed by atoms with Crippen LogP contribution in [0.4, 0.5) is 13.6 Å². The van der Waals surface area contributed by atoms with Gasteiger partial charge in [0.1, 0.15) is 12.3 Å². The van der Waals surface area contributed by atoms with Crippen LogP contribution >= 0.6 is 0 Å². The number of aliphatic hydroxyl groups excluding tert-OH is 1. The quantitative estimate of drug-likeness (QED) is 0.412. The molecule has 0 spiro atoms. The Hall–Kier alpha value is -2.29. The highest BCUT2D eigenvalue weighted by molar-refractivity contribution is 6.01. The second-order valence-corrected chi connectivity index (χ2v) is 15.0. The second kappa shape index (κ2) is 8.87. The highest BCUT2D eigenvalue weighted by Gasteiger charge is 2.78. The normalized spacial score (nSPS) is 51.2. The van der Waals surface area contributed by atoms with Crippen LogP contribution in [-0.2, 0) is 19.1 Å². The number of aliphatic hydroxyl groups is 1. The number of aliphatic carboxylic acids is 1. The van der Waals surface area contributed by atoms with Gasteiger partial charge in [0, 0.05) is 28.1 Å². The van der Waals surface area contributed by atoms with Crippen molar-refractivity contribution in [3.05, 3.63) is 23.8 Å². The van der Waals surface area contributed by atoms with Gasteiger partial charge >= 0.3 is 12.1 Å². The fourth-order valence-electron chi connectivity index (χ4n) is 10.4. The number of rotatable bonds is 3. The topological polar surface area (TPSA) is 110 Å². The van der Waals surface area contributed by atoms with E-state index in [-0.39, 0.29) is 36.2 Å². The van der Waals surface area contributed by atoms with Crippen molar-refractivity contribution >= 4 is 17.9 Å². The summed E-state index contributed by atoms with van der Waals surface area (Å²) in [4.78, 5) is 38.7. The Morgan fingerprint density at radius 2 is 1.78 bits per heavy atom. The van der Waals surface area contributed by atoms with Gasteiger partial charge in [-0.15, -0.1) is 0 Å². The summed E-state index contributed by atoms with van der Waals surface area (Å²) in [5.74, 6) is -3.64. The third kappa shape index (κ3) is 3.53. The summed E-state index contributed by atoms with van der Waals surface area (Å²) in [6.45, 7) is 8.88. The molecule has 0 amide bonds. The molecule has 9 heteroatoms. The molecule has 226 valence electrons. The minimum atomic E-state index is -2.34. The Morgan fingerprint density at radius 3 is 2.41 bits per heavy atom. The molecule has 5 saturated carbocycles. The number of ether oxygens (including phenoxy) is 2. The number of halogens is 2. The number of alkyl halides is 2. The van der Waals surface area contributed by atoms with Gasteiger partial charge in [-0.05, 0) is 87.3 Å². The van der Waals surface area contributed by atoms with Crippen LogP contribution in [0.25, 0.3) is 0 Å². The van der Waals surface area contributed by atoms with Crippen LogP contribution < -0.4 is 0 Å². The number of fused-ring (bicyclic) bond motifs is 6. The number of carbonyl (C=O) groups is 3. The lowest BCUT2D eigenvalue weighted by atomic mass is 9.44. The van der Waals surface area contributed by atoms with E-state index in [1.54, 1.807) is 13.8 Å². The molecule has 0 radical (unpaired) electrons. The van der Waals surface area contributed by atoms with E-state index in [1.165, 1.54) is 19.1 Å². The van der Waals surface area contributed by atoms with E-state index in [0.717, 1.165) is 31.8 Å². The Labute approximate surface area is 239 Å². The van der Waals surface area contributed by atoms with Crippen LogP contribution in [0.5, 0.6) is 0 Å². The molecule has 0 aromatic rings. The Bertz CT molecular complexity index is 1240. The van der Waals surface area contributed by atoms with Crippen molar-refractivity contribution in [3.63, 3.8) is 0 Å². The fraction of sp³-hybridized carbons (Fsp3) is 0.781. The van der Waals surface area contributed by atoms with E-state index in [2.05, 4.69) is 0 Å². The number of ketones is 1. The zero-order valence-electron chi connectivity index (χ0n) is 24.5. The first-order chi connectivity index (χ1) is 19.0. The average Bonchev–Trinajstić information content (AvgIpc) is 3.07. The summed E-state index contributed by atoms with van der Waals surface area (Å²) in [6, 6.07) is 0. The first-order valence-corrected chi connectivity index (χ1v) is 15.1. The zero-order chi connectivity index (χ0) is 29.9. The minimum Gasteiger partial charge on any atom is -0.478 e. The molecule has 5 fully saturated rings. The maximum absolute atomic E-state index is 17.5. The lowest BCUT2D eigenvalue weighted by Crippen LogP contribution is -2.71. The molecule has 6 aliphatic rings. The van der Waals surface area contributed by atoms with Crippen molar-refractivity contribution in [2.45, 2.75) is 109 Å². The molecule has 0 bridgehead atoms. The smallest absolute Gasteiger partial charge is 0.478 e. The highest BCUT2D eigenvalue weighted by Crippen LogP contribution is 2.71. The number of allylic oxidation sites excluding steroid dienone is 4. The van der Waals surface area contributed by atoms with Gasteiger partial charge in [-0.1, -0.05) is 33.8 Å². The first kappa shape index (κ1) is 28.8. The second-order valence-electron chi connectivity index (χ2n) is 15.0. The molecule has 6 aliphatic carbocycles. The van der Waals surface area contributed by atoms with Crippen LogP contribution in [0.3, 0.4) is 0 Å². The van der Waals surface area contributed by atoms with E-state index >= 15 is 8.78 Å². The summed E-state index contributed by atoms with van der Waals surface area (Å²) in [7, 11) is 0. The lowest BCUT2D eigenvalue weighted by molar-refractivity contribution is -0.234. The van der Waals surface area contributed by atoms with E-state index in [9.17, 15) is 24.6 Å². The highest BCUT2D eigenvalue weighted by atomic mass is 19.1. The monoisotopic (exact) mass is 576 g/mol. The van der Waals surface area contributed by atoms with Crippen molar-refractivity contribution < 1.29 is 42.9 Å². The maximum Gasteiger partial charge on any atom is 0.509 e. The van der Waals surface area contributed by atoms with Gasteiger partial charge in [0.15, 0.2) is 11.5 Å². The van der Waals surface area contributed by atoms with Gasteiger partial charge in [0.05, 0.1) is 6.10 Å². The molecule has 0 aliphatic heterocycles. The largest absolute Gasteiger partial charge is 0.509 e. The number of carboxylic acid groups (broad SMARTS) is 1. The van der Waals surface area contributed by atoms with Gasteiger partial charge in [0.25, 0.3) is 0 Å². The zero-order valence-corrected chi connectivity index (χ0v) is 24.5. The molecule has 0 aromatic heterocycles. The Balaban J connectivity index is 1.35. The molecule has 2 N–H and O–H groups in total. The molecule has 12 atom stereocenters. The molecule has 1 unspecified atom stereocenters. The molecular weight excluding hydrogens is 534 g/mol. The SMILES string of the molecule is C[C@@H]1C[C@H]2[C@@H]3C[C@H](F)C4=CC(=O)C=C[C@]4(C)[C@@]3(F)[C@@H](O)C[C@]2(C)[C@@]1(OC(=O)O[C@@H]1[C@@H]2CCC2CCC1(C)C)C(=O)O. The van der Waals surface area contributed by atoms with Crippen molar-refractivity contribution in [2.75, 3.05) is 0 Å². The van der Waals surface area contributed by atoms with E-state index in [1.807, 2.05) is 13.8 Å². The standard InChI is InChI=1S/C32H42F2O7/c1-16-12-20-21-14-23(33)22-13-18(35)9-11-29(22,4)31(21,34)24(36)15-30(20,5)32(16,26(37)38)41-27(39)40-25-19-7-6-17(19)8-10-28(25,2)3/h9,11,13,16-17,19-21,23-25,36H,6-8,10,12,14-15H2,1-5H3,(H,37,38)/t16-,17?,19-,20+,21+,23+,24+,25-,29+,30+,31+,32+/m1/s1. The Kier molecular flexibility index (Phi) is 6.23. The van der Waals surface area contributed by atoms with Crippen LogP contribution in [0.2, 0.25) is 0 Å². The van der Waals surface area contributed by atoms with Crippen LogP contribution in [-0.4, -0.2) is 57.8 Å². The van der Waals surface area contributed by atoms with Gasteiger partial charge in [-0.3, -0.25) is 4.79 Å². The average molecular weight is 577 g/mol. The Morgan fingerprint density at radius 1 is 1.07 bits per heavy atom. The molecular formula is C32H42F2O7. The maximum atomic E-state index is 17.5. The molecule has 0 heterocycles. The van der Waals surface area contributed by atoms with Crippen molar-refractivity contribution in [2.24, 2.45) is 45.8 Å². The third-order valence-electron chi connectivity index (χ3n) is 12.7. The summed E-state index contributed by atoms with van der Waals surface area (Å²) in [5.41, 5.74) is -7.70. The van der Waals surface area contributed by atoms with Gasteiger partial charge in [-0.2, -0.15) is 0 Å². The van der Waals surface area contributed by atoms with E-state index in [4.69, 9.17) is 9.47 Å².